The summed E-state index contributed by atoms with van der Waals surface area (Å²) in [7, 11) is 0. The largest absolute Gasteiger partial charge is 0.326 e. The van der Waals surface area contributed by atoms with Gasteiger partial charge in [0.15, 0.2) is 0 Å². The molecule has 0 aliphatic carbocycles. The number of hydrogen-bond donors (Lipinski definition) is 3. The molecule has 1 saturated heterocycles. The predicted molar refractivity (Wildman–Crippen MR) is 107 cm³/mol. The summed E-state index contributed by atoms with van der Waals surface area (Å²) in [6.07, 6.45) is 2.45. The van der Waals surface area contributed by atoms with Crippen LogP contribution < -0.4 is 16.4 Å². The SMILES string of the molecule is C[C@H](N)Cn1cc(CNCc2cccc3c2C(=O)N(C2CCC(=O)NC2=O)C3)nn1. The third kappa shape index (κ3) is 4.10. The summed E-state index contributed by atoms with van der Waals surface area (Å²) in [6.45, 7) is 3.88. The lowest BCUT2D eigenvalue weighted by molar-refractivity contribution is -0.136. The van der Waals surface area contributed by atoms with Crippen LogP contribution in [0.2, 0.25) is 0 Å². The highest BCUT2D eigenvalue weighted by molar-refractivity contribution is 6.05. The smallest absolute Gasteiger partial charge is 0.255 e. The van der Waals surface area contributed by atoms with Crippen molar-refractivity contribution in [3.05, 3.63) is 46.8 Å². The van der Waals surface area contributed by atoms with Gasteiger partial charge < -0.3 is 16.0 Å². The number of nitrogens with two attached hydrogens (primary N) is 1. The Bertz CT molecular complexity index is 985. The molecule has 3 amide bonds. The second kappa shape index (κ2) is 8.33. The van der Waals surface area contributed by atoms with Crippen LogP contribution in [0.5, 0.6) is 0 Å². The maximum absolute atomic E-state index is 13.1. The van der Waals surface area contributed by atoms with Gasteiger partial charge in [-0.1, -0.05) is 23.4 Å². The van der Waals surface area contributed by atoms with E-state index < -0.39 is 11.9 Å². The lowest BCUT2D eigenvalue weighted by atomic mass is 10.0. The highest BCUT2D eigenvalue weighted by Crippen LogP contribution is 2.29. The van der Waals surface area contributed by atoms with Crippen molar-refractivity contribution in [2.75, 3.05) is 0 Å². The number of amides is 3. The number of rotatable bonds is 7. The Hall–Kier alpha value is -3.11. The molecular weight excluding hydrogens is 386 g/mol. The summed E-state index contributed by atoms with van der Waals surface area (Å²) >= 11 is 0. The average molecular weight is 411 g/mol. The average Bonchev–Trinajstić information content (AvgIpc) is 3.26. The maximum atomic E-state index is 13.1. The molecule has 30 heavy (non-hydrogen) atoms. The van der Waals surface area contributed by atoms with Crippen molar-refractivity contribution < 1.29 is 14.4 Å². The van der Waals surface area contributed by atoms with Crippen LogP contribution in [0.3, 0.4) is 0 Å². The van der Waals surface area contributed by atoms with Crippen molar-refractivity contribution in [1.82, 2.24) is 30.5 Å². The molecular formula is C20H25N7O3. The molecule has 158 valence electrons. The number of fused-ring (bicyclic) bond motifs is 1. The summed E-state index contributed by atoms with van der Waals surface area (Å²) in [5, 5.41) is 13.8. The van der Waals surface area contributed by atoms with Gasteiger partial charge in [0.25, 0.3) is 5.91 Å². The predicted octanol–water partition coefficient (Wildman–Crippen LogP) is -0.324. The first-order valence-corrected chi connectivity index (χ1v) is 10.0. The molecule has 2 atom stereocenters. The van der Waals surface area contributed by atoms with Gasteiger partial charge in [0, 0.05) is 43.9 Å². The number of piperidine rings is 1. The number of benzene rings is 1. The van der Waals surface area contributed by atoms with E-state index in [1.54, 1.807) is 9.58 Å². The third-order valence-electron chi connectivity index (χ3n) is 5.32. The second-order valence-corrected chi connectivity index (χ2v) is 7.86. The van der Waals surface area contributed by atoms with Crippen molar-refractivity contribution in [2.45, 2.75) is 58.0 Å². The molecule has 4 rings (SSSR count). The minimum absolute atomic E-state index is 0.00209. The molecule has 0 radical (unpaired) electrons. The van der Waals surface area contributed by atoms with Crippen LogP contribution >= 0.6 is 0 Å². The van der Waals surface area contributed by atoms with Crippen molar-refractivity contribution >= 4 is 17.7 Å². The number of aromatic nitrogens is 3. The zero-order valence-corrected chi connectivity index (χ0v) is 16.8. The standard InChI is InChI=1S/C20H25N7O3/c1-12(21)9-26-11-15(24-25-26)8-22-7-13-3-2-4-14-10-27(20(30)18(13)14)16-5-6-17(28)23-19(16)29/h2-4,11-12,16,22H,5-10,21H2,1H3,(H,23,28,29)/t12-,16?/m0/s1. The van der Waals surface area contributed by atoms with Crippen LogP contribution in [0.25, 0.3) is 0 Å². The van der Waals surface area contributed by atoms with Crippen molar-refractivity contribution in [1.29, 1.82) is 0 Å². The van der Waals surface area contributed by atoms with Gasteiger partial charge >= 0.3 is 0 Å². The molecule has 2 aliphatic rings. The van der Waals surface area contributed by atoms with Crippen LogP contribution in [0.15, 0.2) is 24.4 Å². The fraction of sp³-hybridized carbons (Fsp3) is 0.450. The molecule has 0 saturated carbocycles. The van der Waals surface area contributed by atoms with E-state index in [-0.39, 0.29) is 24.3 Å². The van der Waals surface area contributed by atoms with E-state index in [9.17, 15) is 14.4 Å². The molecule has 4 N–H and O–H groups in total. The quantitative estimate of drug-likeness (QED) is 0.531. The van der Waals surface area contributed by atoms with Crippen LogP contribution in [-0.4, -0.2) is 49.7 Å². The van der Waals surface area contributed by atoms with Crippen molar-refractivity contribution in [3.8, 4) is 0 Å². The van der Waals surface area contributed by atoms with Gasteiger partial charge in [-0.25, -0.2) is 0 Å². The van der Waals surface area contributed by atoms with E-state index in [0.717, 1.165) is 16.8 Å². The minimum atomic E-state index is -0.608. The Morgan fingerprint density at radius 1 is 1.30 bits per heavy atom. The zero-order valence-electron chi connectivity index (χ0n) is 16.8. The third-order valence-corrected chi connectivity index (χ3v) is 5.32. The molecule has 1 unspecified atom stereocenters. The summed E-state index contributed by atoms with van der Waals surface area (Å²) in [6, 6.07) is 5.11. The molecule has 10 nitrogen and oxygen atoms in total. The lowest BCUT2D eigenvalue weighted by Crippen LogP contribution is -2.52. The van der Waals surface area contributed by atoms with Crippen LogP contribution in [-0.2, 0) is 35.8 Å². The molecule has 0 spiro atoms. The van der Waals surface area contributed by atoms with E-state index in [4.69, 9.17) is 5.73 Å². The fourth-order valence-corrected chi connectivity index (χ4v) is 3.97. The van der Waals surface area contributed by atoms with Gasteiger partial charge in [-0.05, 0) is 24.5 Å². The maximum Gasteiger partial charge on any atom is 0.255 e. The summed E-state index contributed by atoms with van der Waals surface area (Å²) in [5.41, 5.74) is 8.97. The number of nitrogens with one attached hydrogen (secondary N) is 2. The van der Waals surface area contributed by atoms with Gasteiger partial charge in [0.2, 0.25) is 11.8 Å². The number of carbonyl (C=O) groups is 3. The Balaban J connectivity index is 1.41. The number of hydrogen-bond acceptors (Lipinski definition) is 7. The Morgan fingerprint density at radius 2 is 2.13 bits per heavy atom. The minimum Gasteiger partial charge on any atom is -0.326 e. The normalized spacial score (nSPS) is 19.7. The molecule has 3 heterocycles. The lowest BCUT2D eigenvalue weighted by Gasteiger charge is -2.29. The molecule has 2 aromatic rings. The molecule has 0 bridgehead atoms. The first kappa shape index (κ1) is 20.2. The highest BCUT2D eigenvalue weighted by atomic mass is 16.2. The van der Waals surface area contributed by atoms with Gasteiger partial charge in [-0.2, -0.15) is 0 Å². The Morgan fingerprint density at radius 3 is 2.90 bits per heavy atom. The number of nitrogens with zero attached hydrogens (tertiary/aromatic N) is 4. The van der Waals surface area contributed by atoms with Crippen LogP contribution in [0.4, 0.5) is 0 Å². The summed E-state index contributed by atoms with van der Waals surface area (Å²) in [5.74, 6) is -0.857. The molecule has 1 fully saturated rings. The topological polar surface area (TPSA) is 135 Å². The molecule has 1 aromatic carbocycles. The fourth-order valence-electron chi connectivity index (χ4n) is 3.97. The molecule has 1 aromatic heterocycles. The van der Waals surface area contributed by atoms with E-state index in [1.807, 2.05) is 31.3 Å². The molecule has 2 aliphatic heterocycles. The summed E-state index contributed by atoms with van der Waals surface area (Å²) < 4.78 is 1.71. The van der Waals surface area contributed by atoms with Gasteiger partial charge in [-0.3, -0.25) is 24.4 Å². The van der Waals surface area contributed by atoms with E-state index >= 15 is 0 Å². The first-order valence-electron chi connectivity index (χ1n) is 10.0. The van der Waals surface area contributed by atoms with Gasteiger partial charge in [0.05, 0.1) is 12.2 Å². The number of carbonyl (C=O) groups excluding carboxylic acids is 3. The summed E-state index contributed by atoms with van der Waals surface area (Å²) in [4.78, 5) is 38.3. The molecule has 10 heteroatoms. The first-order chi connectivity index (χ1) is 14.4. The van der Waals surface area contributed by atoms with E-state index in [1.165, 1.54) is 0 Å². The van der Waals surface area contributed by atoms with Crippen LogP contribution in [0, 0.1) is 0 Å². The van der Waals surface area contributed by atoms with Crippen molar-refractivity contribution in [2.24, 2.45) is 5.73 Å². The Kier molecular flexibility index (Phi) is 5.60. The monoisotopic (exact) mass is 411 g/mol. The Labute approximate surface area is 173 Å². The van der Waals surface area contributed by atoms with Gasteiger partial charge in [0.1, 0.15) is 6.04 Å². The van der Waals surface area contributed by atoms with E-state index in [2.05, 4.69) is 20.9 Å². The zero-order chi connectivity index (χ0) is 21.3. The number of imide groups is 1. The van der Waals surface area contributed by atoms with E-state index in [0.29, 0.717) is 38.2 Å². The van der Waals surface area contributed by atoms with Crippen LogP contribution in [0.1, 0.15) is 46.9 Å². The van der Waals surface area contributed by atoms with Gasteiger partial charge in [-0.15, -0.1) is 5.10 Å². The second-order valence-electron chi connectivity index (χ2n) is 7.86. The van der Waals surface area contributed by atoms with Crippen molar-refractivity contribution in [3.63, 3.8) is 0 Å². The highest BCUT2D eigenvalue weighted by Gasteiger charge is 2.39.